The normalized spacial score (nSPS) is 13.3. The highest BCUT2D eigenvalue weighted by molar-refractivity contribution is 7.99. The summed E-state index contributed by atoms with van der Waals surface area (Å²) in [6.45, 7) is 0. The number of carbonyl (C=O) groups is 1. The van der Waals surface area contributed by atoms with E-state index in [1.807, 2.05) is 0 Å². The van der Waals surface area contributed by atoms with Crippen LogP contribution in [-0.4, -0.2) is 28.7 Å². The number of carbonyl (C=O) groups excluding carboxylic acids is 1. The van der Waals surface area contributed by atoms with E-state index in [9.17, 15) is 14.0 Å². The van der Waals surface area contributed by atoms with Crippen molar-refractivity contribution < 1.29 is 13.9 Å². The summed E-state index contributed by atoms with van der Waals surface area (Å²) in [6.07, 6.45) is 4.24. The van der Waals surface area contributed by atoms with Crippen LogP contribution in [0.2, 0.25) is 0 Å². The molecule has 9 heteroatoms. The number of methoxy groups -OCH3 is 1. The number of aromatic amines is 1. The average molecular weight is 434 g/mol. The van der Waals surface area contributed by atoms with Crippen LogP contribution < -0.4 is 15.6 Å². The molecule has 0 saturated heterocycles. The Kier molecular flexibility index (Phi) is 5.86. The zero-order valence-corrected chi connectivity index (χ0v) is 17.5. The van der Waals surface area contributed by atoms with Crippen molar-refractivity contribution in [1.29, 1.82) is 0 Å². The topological polar surface area (TPSA) is 84.1 Å². The Hall–Kier alpha value is -2.39. The van der Waals surface area contributed by atoms with Crippen molar-refractivity contribution >= 4 is 44.9 Å². The highest BCUT2D eigenvalue weighted by Crippen LogP contribution is 2.33. The van der Waals surface area contributed by atoms with Crippen molar-refractivity contribution in [1.82, 2.24) is 9.97 Å². The van der Waals surface area contributed by atoms with Gasteiger partial charge in [-0.05, 0) is 43.4 Å². The van der Waals surface area contributed by atoms with Gasteiger partial charge in [0.15, 0.2) is 11.6 Å². The maximum absolute atomic E-state index is 13.7. The fourth-order valence-corrected chi connectivity index (χ4v) is 5.43. The van der Waals surface area contributed by atoms with Gasteiger partial charge in [0.05, 0.1) is 24.0 Å². The van der Waals surface area contributed by atoms with Crippen LogP contribution in [0.1, 0.15) is 29.1 Å². The van der Waals surface area contributed by atoms with Crippen LogP contribution in [0.4, 0.5) is 10.1 Å². The Labute approximate surface area is 174 Å². The van der Waals surface area contributed by atoms with Gasteiger partial charge in [0.2, 0.25) is 5.91 Å². The Bertz CT molecular complexity index is 1130. The van der Waals surface area contributed by atoms with Crippen molar-refractivity contribution in [2.75, 3.05) is 18.2 Å². The summed E-state index contributed by atoms with van der Waals surface area (Å²) in [5.41, 5.74) is 1.43. The second kappa shape index (κ2) is 8.54. The molecule has 0 unspecified atom stereocenters. The number of fused-ring (bicyclic) bond motifs is 3. The summed E-state index contributed by atoms with van der Waals surface area (Å²) >= 11 is 2.95. The molecule has 6 nitrogen and oxygen atoms in total. The third-order valence-electron chi connectivity index (χ3n) is 4.78. The number of thiophene rings is 1. The van der Waals surface area contributed by atoms with E-state index in [4.69, 9.17) is 4.74 Å². The molecule has 0 bridgehead atoms. The van der Waals surface area contributed by atoms with Gasteiger partial charge in [0.25, 0.3) is 5.56 Å². The Balaban J connectivity index is 1.38. The summed E-state index contributed by atoms with van der Waals surface area (Å²) in [5, 5.41) is 3.38. The van der Waals surface area contributed by atoms with Gasteiger partial charge >= 0.3 is 0 Å². The molecule has 4 rings (SSSR count). The first-order valence-corrected chi connectivity index (χ1v) is 11.3. The summed E-state index contributed by atoms with van der Waals surface area (Å²) in [4.78, 5) is 34.2. The van der Waals surface area contributed by atoms with E-state index < -0.39 is 5.82 Å². The van der Waals surface area contributed by atoms with Crippen molar-refractivity contribution in [3.05, 3.63) is 50.6 Å². The zero-order valence-electron chi connectivity index (χ0n) is 15.8. The van der Waals surface area contributed by atoms with E-state index in [2.05, 4.69) is 15.3 Å². The van der Waals surface area contributed by atoms with E-state index in [1.165, 1.54) is 35.9 Å². The van der Waals surface area contributed by atoms with Crippen LogP contribution in [-0.2, 0) is 23.4 Å². The lowest BCUT2D eigenvalue weighted by molar-refractivity contribution is -0.113. The fourth-order valence-electron chi connectivity index (χ4n) is 3.46. The number of anilines is 1. The number of aromatic nitrogens is 2. The molecule has 3 aromatic rings. The molecule has 1 aromatic carbocycles. The van der Waals surface area contributed by atoms with Crippen LogP contribution in [0, 0.1) is 5.82 Å². The maximum atomic E-state index is 13.7. The van der Waals surface area contributed by atoms with E-state index in [1.54, 1.807) is 17.4 Å². The number of nitrogens with one attached hydrogen (secondary N) is 2. The highest BCUT2D eigenvalue weighted by atomic mass is 32.2. The van der Waals surface area contributed by atoms with Gasteiger partial charge in [-0.2, -0.15) is 0 Å². The molecule has 0 spiro atoms. The molecule has 0 fully saturated rings. The van der Waals surface area contributed by atoms with Gasteiger partial charge in [0.1, 0.15) is 10.7 Å². The Morgan fingerprint density at radius 2 is 2.21 bits per heavy atom. The first-order chi connectivity index (χ1) is 14.0. The highest BCUT2D eigenvalue weighted by Gasteiger charge is 2.19. The number of hydrogen-bond donors (Lipinski definition) is 2. The molecule has 1 aliphatic carbocycles. The Morgan fingerprint density at radius 1 is 1.38 bits per heavy atom. The van der Waals surface area contributed by atoms with Crippen molar-refractivity contribution in [3.63, 3.8) is 0 Å². The van der Waals surface area contributed by atoms with Crippen molar-refractivity contribution in [2.45, 2.75) is 31.4 Å². The van der Waals surface area contributed by atoms with E-state index in [0.29, 0.717) is 17.3 Å². The van der Waals surface area contributed by atoms with E-state index >= 15 is 0 Å². The minimum absolute atomic E-state index is 0.0943. The second-order valence-electron chi connectivity index (χ2n) is 6.79. The molecule has 2 heterocycles. The number of hydrogen-bond acceptors (Lipinski definition) is 6. The van der Waals surface area contributed by atoms with Crippen molar-refractivity contribution in [3.8, 4) is 5.75 Å². The molecule has 1 aliphatic rings. The van der Waals surface area contributed by atoms with Gasteiger partial charge in [-0.25, -0.2) is 9.37 Å². The number of amides is 1. The van der Waals surface area contributed by atoms with Gasteiger partial charge in [0, 0.05) is 16.6 Å². The standard InChI is InChI=1S/C20H20FN3O3S2/c1-27-14-7-6-11(8-13(14)21)22-17(25)10-28-9-16-23-19(26)18-12-4-2-3-5-15(12)29-20(18)24-16/h6-8H,2-5,9-10H2,1H3,(H,22,25)(H,23,24,26). The maximum Gasteiger partial charge on any atom is 0.259 e. The lowest BCUT2D eigenvalue weighted by Crippen LogP contribution is -2.15. The van der Waals surface area contributed by atoms with Crippen molar-refractivity contribution in [2.24, 2.45) is 0 Å². The molecule has 152 valence electrons. The molecular weight excluding hydrogens is 413 g/mol. The lowest BCUT2D eigenvalue weighted by atomic mass is 9.97. The zero-order chi connectivity index (χ0) is 20.4. The fraction of sp³-hybridized carbons (Fsp3) is 0.350. The smallest absolute Gasteiger partial charge is 0.259 e. The number of ether oxygens (including phenoxy) is 1. The summed E-state index contributed by atoms with van der Waals surface area (Å²) in [6, 6.07) is 4.26. The number of rotatable bonds is 6. The number of benzene rings is 1. The molecule has 2 N–H and O–H groups in total. The molecule has 29 heavy (non-hydrogen) atoms. The quantitative estimate of drug-likeness (QED) is 0.616. The predicted octanol–water partition coefficient (Wildman–Crippen LogP) is 3.88. The first-order valence-electron chi connectivity index (χ1n) is 9.29. The van der Waals surface area contributed by atoms with E-state index in [0.717, 1.165) is 41.5 Å². The molecule has 0 aliphatic heterocycles. The average Bonchev–Trinajstić information content (AvgIpc) is 3.07. The monoisotopic (exact) mass is 433 g/mol. The SMILES string of the molecule is COc1ccc(NC(=O)CSCc2nc3sc4c(c3c(=O)[nH]2)CCCC4)cc1F. The number of thioether (sulfide) groups is 1. The largest absolute Gasteiger partial charge is 0.494 e. The van der Waals surface area contributed by atoms with Gasteiger partial charge in [-0.15, -0.1) is 23.1 Å². The van der Waals surface area contributed by atoms with Gasteiger partial charge in [-0.1, -0.05) is 0 Å². The van der Waals surface area contributed by atoms with Crippen LogP contribution in [0.25, 0.3) is 10.2 Å². The molecule has 0 saturated carbocycles. The lowest BCUT2D eigenvalue weighted by Gasteiger charge is -2.09. The number of nitrogens with zero attached hydrogens (tertiary/aromatic N) is 1. The molecule has 0 radical (unpaired) electrons. The molecule has 0 atom stereocenters. The molecule has 1 amide bonds. The van der Waals surface area contributed by atoms with Crippen LogP contribution in [0.3, 0.4) is 0 Å². The van der Waals surface area contributed by atoms with Crippen LogP contribution in [0.15, 0.2) is 23.0 Å². The molecule has 2 aromatic heterocycles. The number of halogens is 1. The second-order valence-corrected chi connectivity index (χ2v) is 8.86. The van der Waals surface area contributed by atoms with E-state index in [-0.39, 0.29) is 23.0 Å². The summed E-state index contributed by atoms with van der Waals surface area (Å²) in [5.74, 6) is 0.475. The number of aryl methyl sites for hydroxylation is 2. The van der Waals surface area contributed by atoms with Crippen LogP contribution in [0.5, 0.6) is 5.75 Å². The summed E-state index contributed by atoms with van der Waals surface area (Å²) < 4.78 is 18.6. The van der Waals surface area contributed by atoms with Gasteiger partial charge in [-0.3, -0.25) is 9.59 Å². The summed E-state index contributed by atoms with van der Waals surface area (Å²) in [7, 11) is 1.38. The minimum Gasteiger partial charge on any atom is -0.494 e. The van der Waals surface area contributed by atoms with Gasteiger partial charge < -0.3 is 15.0 Å². The predicted molar refractivity (Wildman–Crippen MR) is 115 cm³/mol. The third kappa shape index (κ3) is 4.30. The first kappa shape index (κ1) is 19.9. The number of H-pyrrole nitrogens is 1. The third-order valence-corrected chi connectivity index (χ3v) is 6.91. The molecular formula is C20H20FN3O3S2. The Morgan fingerprint density at radius 3 is 3.00 bits per heavy atom. The van der Waals surface area contributed by atoms with Crippen LogP contribution >= 0.6 is 23.1 Å². The minimum atomic E-state index is -0.535.